The number of morpholine rings is 1. The predicted molar refractivity (Wildman–Crippen MR) is 83.5 cm³/mol. The lowest BCUT2D eigenvalue weighted by Crippen LogP contribution is -2.53. The van der Waals surface area contributed by atoms with Crippen LogP contribution in [0.5, 0.6) is 0 Å². The first-order chi connectivity index (χ1) is 10.1. The standard InChI is InChI=1S/C17H24N2O2/c1-12-10-15-6-4-5-7-16(15)19(12)17(20)14(3)18-8-9-21-13(2)11-18/h4-7,12-14H,8-11H2,1-3H3/t12-,13-,14+/m0/s1. The molecule has 0 spiro atoms. The van der Waals surface area contributed by atoms with Crippen molar-refractivity contribution in [3.63, 3.8) is 0 Å². The lowest BCUT2D eigenvalue weighted by Gasteiger charge is -2.37. The predicted octanol–water partition coefficient (Wildman–Crippen LogP) is 2.07. The van der Waals surface area contributed by atoms with Gasteiger partial charge in [-0.2, -0.15) is 0 Å². The molecule has 4 nitrogen and oxygen atoms in total. The zero-order chi connectivity index (χ0) is 15.0. The second-order valence-electron chi connectivity index (χ2n) is 6.24. The van der Waals surface area contributed by atoms with Gasteiger partial charge in [0, 0.05) is 24.8 Å². The summed E-state index contributed by atoms with van der Waals surface area (Å²) in [6, 6.07) is 8.40. The number of carbonyl (C=O) groups is 1. The van der Waals surface area contributed by atoms with E-state index in [1.807, 2.05) is 24.0 Å². The fraction of sp³-hybridized carbons (Fsp3) is 0.588. The van der Waals surface area contributed by atoms with E-state index < -0.39 is 0 Å². The number of amides is 1. The van der Waals surface area contributed by atoms with Crippen molar-refractivity contribution in [2.45, 2.75) is 45.4 Å². The molecule has 1 saturated heterocycles. The van der Waals surface area contributed by atoms with Crippen molar-refractivity contribution in [2.75, 3.05) is 24.6 Å². The van der Waals surface area contributed by atoms with Crippen LogP contribution in [0.1, 0.15) is 26.3 Å². The molecule has 3 atom stereocenters. The molecule has 0 aliphatic carbocycles. The maximum atomic E-state index is 13.0. The summed E-state index contributed by atoms with van der Waals surface area (Å²) in [4.78, 5) is 17.2. The maximum absolute atomic E-state index is 13.0. The molecule has 2 aliphatic heterocycles. The number of anilines is 1. The zero-order valence-corrected chi connectivity index (χ0v) is 13.1. The van der Waals surface area contributed by atoms with Gasteiger partial charge in [0.25, 0.3) is 0 Å². The summed E-state index contributed by atoms with van der Waals surface area (Å²) in [6.07, 6.45) is 1.16. The number of fused-ring (bicyclic) bond motifs is 1. The second kappa shape index (κ2) is 5.78. The lowest BCUT2D eigenvalue weighted by molar-refractivity contribution is -0.126. The van der Waals surface area contributed by atoms with Crippen LogP contribution in [-0.2, 0) is 16.0 Å². The third-order valence-corrected chi connectivity index (χ3v) is 4.62. The highest BCUT2D eigenvalue weighted by Gasteiger charge is 2.35. The largest absolute Gasteiger partial charge is 0.376 e. The van der Waals surface area contributed by atoms with Crippen LogP contribution < -0.4 is 4.90 Å². The number of para-hydroxylation sites is 1. The first-order valence-electron chi connectivity index (χ1n) is 7.84. The molecule has 1 aromatic carbocycles. The van der Waals surface area contributed by atoms with Gasteiger partial charge >= 0.3 is 0 Å². The van der Waals surface area contributed by atoms with Crippen molar-refractivity contribution in [1.29, 1.82) is 0 Å². The molecule has 0 saturated carbocycles. The van der Waals surface area contributed by atoms with Crippen LogP contribution in [0.25, 0.3) is 0 Å². The number of hydrogen-bond acceptors (Lipinski definition) is 3. The van der Waals surface area contributed by atoms with Crippen molar-refractivity contribution in [1.82, 2.24) is 4.90 Å². The Balaban J connectivity index is 1.78. The minimum atomic E-state index is -0.0926. The van der Waals surface area contributed by atoms with Crippen LogP contribution in [0.3, 0.4) is 0 Å². The summed E-state index contributed by atoms with van der Waals surface area (Å²) >= 11 is 0. The highest BCUT2D eigenvalue weighted by Crippen LogP contribution is 2.32. The Hall–Kier alpha value is -1.39. The normalized spacial score (nSPS) is 27.5. The van der Waals surface area contributed by atoms with E-state index in [0.717, 1.165) is 25.2 Å². The van der Waals surface area contributed by atoms with Crippen LogP contribution in [0.2, 0.25) is 0 Å². The average Bonchev–Trinajstić information content (AvgIpc) is 2.81. The summed E-state index contributed by atoms with van der Waals surface area (Å²) < 4.78 is 5.57. The summed E-state index contributed by atoms with van der Waals surface area (Å²) in [5.74, 6) is 0.210. The van der Waals surface area contributed by atoms with E-state index >= 15 is 0 Å². The Morgan fingerprint density at radius 1 is 1.33 bits per heavy atom. The number of benzene rings is 1. The summed E-state index contributed by atoms with van der Waals surface area (Å²) in [6.45, 7) is 8.60. The highest BCUT2D eigenvalue weighted by molar-refractivity contribution is 5.99. The minimum absolute atomic E-state index is 0.0926. The first-order valence-corrected chi connectivity index (χ1v) is 7.84. The van der Waals surface area contributed by atoms with Gasteiger partial charge in [-0.1, -0.05) is 18.2 Å². The molecule has 4 heteroatoms. The SMILES string of the molecule is C[C@H](C(=O)N1c2ccccc2C[C@@H]1C)N1CCO[C@@H](C)C1. The fourth-order valence-corrected chi connectivity index (χ4v) is 3.46. The van der Waals surface area contributed by atoms with Gasteiger partial charge in [0.05, 0.1) is 18.8 Å². The van der Waals surface area contributed by atoms with Gasteiger partial charge < -0.3 is 9.64 Å². The molecule has 0 N–H and O–H groups in total. The van der Waals surface area contributed by atoms with Crippen molar-refractivity contribution < 1.29 is 9.53 Å². The van der Waals surface area contributed by atoms with E-state index in [-0.39, 0.29) is 24.1 Å². The molecule has 2 heterocycles. The molecule has 1 aromatic rings. The van der Waals surface area contributed by atoms with Crippen LogP contribution in [0.15, 0.2) is 24.3 Å². The monoisotopic (exact) mass is 288 g/mol. The third kappa shape index (κ3) is 2.70. The van der Waals surface area contributed by atoms with Crippen LogP contribution in [0, 0.1) is 0 Å². The lowest BCUT2D eigenvalue weighted by atomic mass is 10.1. The van der Waals surface area contributed by atoms with E-state index in [0.29, 0.717) is 6.61 Å². The van der Waals surface area contributed by atoms with Crippen molar-refractivity contribution in [3.05, 3.63) is 29.8 Å². The van der Waals surface area contributed by atoms with Crippen LogP contribution >= 0.6 is 0 Å². The molecule has 0 radical (unpaired) electrons. The topological polar surface area (TPSA) is 32.8 Å². The smallest absolute Gasteiger partial charge is 0.244 e. The molecule has 21 heavy (non-hydrogen) atoms. The molecule has 0 bridgehead atoms. The molecular weight excluding hydrogens is 264 g/mol. The van der Waals surface area contributed by atoms with Gasteiger partial charge in [-0.05, 0) is 38.8 Å². The number of hydrogen-bond donors (Lipinski definition) is 0. The Labute approximate surface area is 126 Å². The molecule has 0 unspecified atom stereocenters. The van der Waals surface area contributed by atoms with Crippen LogP contribution in [-0.4, -0.2) is 48.7 Å². The van der Waals surface area contributed by atoms with E-state index in [9.17, 15) is 4.79 Å². The fourth-order valence-electron chi connectivity index (χ4n) is 3.46. The summed E-state index contributed by atoms with van der Waals surface area (Å²) in [5, 5.41) is 0. The van der Waals surface area contributed by atoms with Gasteiger partial charge in [-0.25, -0.2) is 0 Å². The van der Waals surface area contributed by atoms with Crippen molar-refractivity contribution in [3.8, 4) is 0 Å². The molecule has 1 fully saturated rings. The number of carbonyl (C=O) groups excluding carboxylic acids is 1. The van der Waals surface area contributed by atoms with Crippen molar-refractivity contribution in [2.24, 2.45) is 0 Å². The number of rotatable bonds is 2. The van der Waals surface area contributed by atoms with E-state index in [1.165, 1.54) is 5.56 Å². The molecular formula is C17H24N2O2. The molecule has 114 valence electrons. The Bertz CT molecular complexity index is 531. The third-order valence-electron chi connectivity index (χ3n) is 4.62. The van der Waals surface area contributed by atoms with Crippen molar-refractivity contribution >= 4 is 11.6 Å². The second-order valence-corrected chi connectivity index (χ2v) is 6.24. The molecule has 1 amide bonds. The Morgan fingerprint density at radius 3 is 2.86 bits per heavy atom. The van der Waals surface area contributed by atoms with E-state index in [1.54, 1.807) is 0 Å². The highest BCUT2D eigenvalue weighted by atomic mass is 16.5. The van der Waals surface area contributed by atoms with Gasteiger partial charge in [-0.15, -0.1) is 0 Å². The summed E-state index contributed by atoms with van der Waals surface area (Å²) in [5.41, 5.74) is 2.36. The minimum Gasteiger partial charge on any atom is -0.376 e. The van der Waals surface area contributed by atoms with Gasteiger partial charge in [0.2, 0.25) is 5.91 Å². The molecule has 3 rings (SSSR count). The molecule has 2 aliphatic rings. The van der Waals surface area contributed by atoms with E-state index in [2.05, 4.69) is 30.9 Å². The number of nitrogens with zero attached hydrogens (tertiary/aromatic N) is 2. The zero-order valence-electron chi connectivity index (χ0n) is 13.1. The molecule has 0 aromatic heterocycles. The summed E-state index contributed by atoms with van der Waals surface area (Å²) in [7, 11) is 0. The van der Waals surface area contributed by atoms with Gasteiger partial charge in [0.15, 0.2) is 0 Å². The Kier molecular flexibility index (Phi) is 4.00. The average molecular weight is 288 g/mol. The Morgan fingerprint density at radius 2 is 2.10 bits per heavy atom. The van der Waals surface area contributed by atoms with E-state index in [4.69, 9.17) is 4.74 Å². The van der Waals surface area contributed by atoms with Crippen LogP contribution in [0.4, 0.5) is 5.69 Å². The number of ether oxygens (including phenoxy) is 1. The van der Waals surface area contributed by atoms with Gasteiger partial charge in [-0.3, -0.25) is 9.69 Å². The van der Waals surface area contributed by atoms with Gasteiger partial charge in [0.1, 0.15) is 0 Å². The quantitative estimate of drug-likeness (QED) is 0.835. The maximum Gasteiger partial charge on any atom is 0.244 e. The first kappa shape index (κ1) is 14.5.